The van der Waals surface area contributed by atoms with Crippen molar-refractivity contribution in [2.45, 2.75) is 22.3 Å². The second-order valence-electron chi connectivity index (χ2n) is 5.80. The van der Waals surface area contributed by atoms with Crippen LogP contribution in [0.2, 0.25) is 0 Å². The monoisotopic (exact) mass is 375 g/mol. The van der Waals surface area contributed by atoms with Gasteiger partial charge >= 0.3 is 0 Å². The number of morpholine rings is 1. The smallest absolute Gasteiger partial charge is 0.243 e. The van der Waals surface area contributed by atoms with Gasteiger partial charge < -0.3 is 10.1 Å². The topological polar surface area (TPSA) is 105 Å². The molecule has 2 N–H and O–H groups in total. The molecule has 0 aromatic heterocycles. The Morgan fingerprint density at radius 1 is 1.04 bits per heavy atom. The number of ether oxygens (including phenoxy) is 1. The summed E-state index contributed by atoms with van der Waals surface area (Å²) in [5.41, 5.74) is 0. The molecule has 1 atom stereocenters. The molecule has 2 fully saturated rings. The predicted octanol–water partition coefficient (Wildman–Crippen LogP) is -0.652. The normalized spacial score (nSPS) is 23.4. The van der Waals surface area contributed by atoms with Crippen molar-refractivity contribution in [2.75, 3.05) is 39.4 Å². The largest absolute Gasteiger partial charge is 0.379 e. The lowest BCUT2D eigenvalue weighted by molar-refractivity contribution is 0.0730. The van der Waals surface area contributed by atoms with E-state index in [-0.39, 0.29) is 15.8 Å². The van der Waals surface area contributed by atoms with Crippen molar-refractivity contribution >= 4 is 20.0 Å². The molecule has 0 amide bonds. The molecular formula is C14H21N3O5S2. The summed E-state index contributed by atoms with van der Waals surface area (Å²) in [6.07, 6.45) is 0.739. The van der Waals surface area contributed by atoms with E-state index in [2.05, 4.69) is 10.0 Å². The van der Waals surface area contributed by atoms with Gasteiger partial charge in [-0.3, -0.25) is 0 Å². The summed E-state index contributed by atoms with van der Waals surface area (Å²) < 4.78 is 58.9. The van der Waals surface area contributed by atoms with Crippen molar-refractivity contribution < 1.29 is 21.6 Å². The van der Waals surface area contributed by atoms with Gasteiger partial charge in [-0.15, -0.1) is 0 Å². The second kappa shape index (κ2) is 7.06. The van der Waals surface area contributed by atoms with Gasteiger partial charge in [0.2, 0.25) is 20.0 Å². The quantitative estimate of drug-likeness (QED) is 0.709. The molecule has 3 rings (SSSR count). The Morgan fingerprint density at radius 2 is 1.67 bits per heavy atom. The van der Waals surface area contributed by atoms with Gasteiger partial charge in [0.15, 0.2) is 0 Å². The lowest BCUT2D eigenvalue weighted by atomic mass is 10.3. The minimum atomic E-state index is -3.65. The van der Waals surface area contributed by atoms with E-state index in [4.69, 9.17) is 4.74 Å². The Balaban J connectivity index is 1.77. The van der Waals surface area contributed by atoms with E-state index < -0.39 is 20.0 Å². The van der Waals surface area contributed by atoms with Crippen LogP contribution in [-0.2, 0) is 24.8 Å². The predicted molar refractivity (Wildman–Crippen MR) is 87.6 cm³/mol. The van der Waals surface area contributed by atoms with E-state index in [0.29, 0.717) is 32.8 Å². The summed E-state index contributed by atoms with van der Waals surface area (Å²) in [5, 5.41) is 3.09. The van der Waals surface area contributed by atoms with Crippen molar-refractivity contribution in [1.29, 1.82) is 0 Å². The molecule has 0 aliphatic carbocycles. The highest BCUT2D eigenvalue weighted by molar-refractivity contribution is 7.89. The molecule has 0 radical (unpaired) electrons. The zero-order chi connectivity index (χ0) is 17.2. The Labute approximate surface area is 142 Å². The summed E-state index contributed by atoms with van der Waals surface area (Å²) >= 11 is 0. The van der Waals surface area contributed by atoms with Gasteiger partial charge in [0.1, 0.15) is 0 Å². The zero-order valence-corrected chi connectivity index (χ0v) is 14.8. The maximum Gasteiger partial charge on any atom is 0.243 e. The van der Waals surface area contributed by atoms with Crippen LogP contribution in [0.4, 0.5) is 0 Å². The fourth-order valence-corrected chi connectivity index (χ4v) is 5.45. The zero-order valence-electron chi connectivity index (χ0n) is 13.1. The minimum Gasteiger partial charge on any atom is -0.379 e. The van der Waals surface area contributed by atoms with Crippen molar-refractivity contribution in [2.24, 2.45) is 0 Å². The molecule has 24 heavy (non-hydrogen) atoms. The average Bonchev–Trinajstić information content (AvgIpc) is 3.08. The number of nitrogens with zero attached hydrogens (tertiary/aromatic N) is 1. The molecule has 1 aromatic carbocycles. The summed E-state index contributed by atoms with van der Waals surface area (Å²) in [6.45, 7) is 2.72. The Morgan fingerprint density at radius 3 is 2.25 bits per heavy atom. The highest BCUT2D eigenvalue weighted by Gasteiger charge is 2.27. The number of rotatable bonds is 5. The van der Waals surface area contributed by atoms with Crippen LogP contribution in [0.25, 0.3) is 0 Å². The van der Waals surface area contributed by atoms with Gasteiger partial charge in [-0.05, 0) is 37.2 Å². The maximum absolute atomic E-state index is 12.5. The SMILES string of the molecule is O=S(=O)(NC1CCNC1)c1ccc(S(=O)(=O)N2CCOCC2)cc1. The number of benzene rings is 1. The lowest BCUT2D eigenvalue weighted by Crippen LogP contribution is -2.40. The van der Waals surface area contributed by atoms with Gasteiger partial charge in [-0.1, -0.05) is 0 Å². The fourth-order valence-electron chi connectivity index (χ4n) is 2.77. The molecule has 2 aliphatic heterocycles. The van der Waals surface area contributed by atoms with Gasteiger partial charge in [-0.25, -0.2) is 21.6 Å². The molecule has 1 aromatic rings. The van der Waals surface area contributed by atoms with Crippen LogP contribution in [-0.4, -0.2) is 66.6 Å². The minimum absolute atomic E-state index is 0.0651. The second-order valence-corrected chi connectivity index (χ2v) is 9.45. The highest BCUT2D eigenvalue weighted by Crippen LogP contribution is 2.19. The van der Waals surface area contributed by atoms with Crippen LogP contribution in [0, 0.1) is 0 Å². The Bertz CT molecular complexity index is 765. The fraction of sp³-hybridized carbons (Fsp3) is 0.571. The highest BCUT2D eigenvalue weighted by atomic mass is 32.2. The molecule has 0 bridgehead atoms. The Kier molecular flexibility index (Phi) is 5.23. The van der Waals surface area contributed by atoms with Gasteiger partial charge in [0, 0.05) is 25.7 Å². The first-order valence-electron chi connectivity index (χ1n) is 7.81. The molecule has 0 spiro atoms. The van der Waals surface area contributed by atoms with E-state index >= 15 is 0 Å². The molecule has 2 aliphatic rings. The van der Waals surface area contributed by atoms with Crippen LogP contribution in [0.3, 0.4) is 0 Å². The van der Waals surface area contributed by atoms with Crippen molar-refractivity contribution in [3.8, 4) is 0 Å². The molecule has 134 valence electrons. The maximum atomic E-state index is 12.5. The average molecular weight is 375 g/mol. The lowest BCUT2D eigenvalue weighted by Gasteiger charge is -2.26. The van der Waals surface area contributed by atoms with Crippen molar-refractivity contribution in [1.82, 2.24) is 14.3 Å². The molecule has 10 heteroatoms. The number of hydrogen-bond acceptors (Lipinski definition) is 6. The first-order valence-corrected chi connectivity index (χ1v) is 10.7. The van der Waals surface area contributed by atoms with Gasteiger partial charge in [-0.2, -0.15) is 4.31 Å². The third-order valence-corrected chi connectivity index (χ3v) is 7.57. The standard InChI is InChI=1S/C14H21N3O5S2/c18-23(19,16-12-5-6-15-11-12)13-1-3-14(4-2-13)24(20,21)17-7-9-22-10-8-17/h1-4,12,15-16H,5-11H2. The Hall–Kier alpha value is -1.04. The summed E-state index contributed by atoms with van der Waals surface area (Å²) in [7, 11) is -7.27. The number of nitrogens with one attached hydrogen (secondary N) is 2. The molecule has 2 heterocycles. The van der Waals surface area contributed by atoms with E-state index in [1.54, 1.807) is 0 Å². The van der Waals surface area contributed by atoms with Crippen LogP contribution in [0.5, 0.6) is 0 Å². The van der Waals surface area contributed by atoms with Crippen LogP contribution in [0.15, 0.2) is 34.1 Å². The molecule has 0 saturated carbocycles. The molecule has 1 unspecified atom stereocenters. The van der Waals surface area contributed by atoms with Crippen molar-refractivity contribution in [3.63, 3.8) is 0 Å². The van der Waals surface area contributed by atoms with Crippen LogP contribution < -0.4 is 10.0 Å². The van der Waals surface area contributed by atoms with Crippen molar-refractivity contribution in [3.05, 3.63) is 24.3 Å². The van der Waals surface area contributed by atoms with Crippen LogP contribution in [0.1, 0.15) is 6.42 Å². The molecule has 2 saturated heterocycles. The first-order chi connectivity index (χ1) is 11.4. The molecular weight excluding hydrogens is 354 g/mol. The third-order valence-electron chi connectivity index (χ3n) is 4.12. The van der Waals surface area contributed by atoms with Crippen LogP contribution >= 0.6 is 0 Å². The number of sulfonamides is 2. The third kappa shape index (κ3) is 3.79. The van der Waals surface area contributed by atoms with E-state index in [1.165, 1.54) is 28.6 Å². The van der Waals surface area contributed by atoms with E-state index in [9.17, 15) is 16.8 Å². The van der Waals surface area contributed by atoms with Gasteiger partial charge in [0.05, 0.1) is 23.0 Å². The van der Waals surface area contributed by atoms with E-state index in [1.807, 2.05) is 0 Å². The summed E-state index contributed by atoms with van der Waals surface area (Å²) in [5.74, 6) is 0. The summed E-state index contributed by atoms with van der Waals surface area (Å²) in [6, 6.07) is 5.21. The van der Waals surface area contributed by atoms with E-state index in [0.717, 1.165) is 13.0 Å². The number of hydrogen-bond donors (Lipinski definition) is 2. The first kappa shape index (κ1) is 17.8. The molecule has 8 nitrogen and oxygen atoms in total. The summed E-state index contributed by atoms with van der Waals surface area (Å²) in [4.78, 5) is 0.154. The van der Waals surface area contributed by atoms with Gasteiger partial charge in [0.25, 0.3) is 0 Å².